The summed E-state index contributed by atoms with van der Waals surface area (Å²) in [4.78, 5) is 19.4. The Balaban J connectivity index is 1.65. The number of carbonyl (C=O) groups is 1. The highest BCUT2D eigenvalue weighted by Gasteiger charge is 2.20. The van der Waals surface area contributed by atoms with Crippen LogP contribution >= 0.6 is 11.3 Å². The molecule has 118 valence electrons. The minimum absolute atomic E-state index is 0.0444. The molecule has 1 N–H and O–H groups in total. The van der Waals surface area contributed by atoms with Crippen LogP contribution in [0, 0.1) is 0 Å². The van der Waals surface area contributed by atoms with E-state index in [0.29, 0.717) is 5.95 Å². The molecule has 1 aliphatic rings. The summed E-state index contributed by atoms with van der Waals surface area (Å²) in [6.45, 7) is 2.97. The fourth-order valence-corrected chi connectivity index (χ4v) is 4.37. The second-order valence-electron chi connectivity index (χ2n) is 5.94. The van der Waals surface area contributed by atoms with Crippen LogP contribution in [-0.4, -0.2) is 15.5 Å². The van der Waals surface area contributed by atoms with E-state index >= 15 is 0 Å². The predicted molar refractivity (Wildman–Crippen MR) is 94.3 cm³/mol. The SMILES string of the molecule is CCCn1c(NC(=O)c2cc3c(s2)CCC3)nc2ccccc21. The van der Waals surface area contributed by atoms with Crippen molar-refractivity contribution in [1.82, 2.24) is 9.55 Å². The normalized spacial score (nSPS) is 13.4. The molecule has 1 aliphatic carbocycles. The summed E-state index contributed by atoms with van der Waals surface area (Å²) >= 11 is 1.63. The predicted octanol–water partition coefficient (Wildman–Crippen LogP) is 4.25. The second kappa shape index (κ2) is 5.81. The van der Waals surface area contributed by atoms with Gasteiger partial charge in [0.15, 0.2) is 0 Å². The zero-order valence-corrected chi connectivity index (χ0v) is 13.9. The first-order valence-corrected chi connectivity index (χ1v) is 8.96. The number of amides is 1. The molecule has 1 aromatic carbocycles. The number of benzene rings is 1. The molecule has 5 heteroatoms. The molecule has 23 heavy (non-hydrogen) atoms. The number of nitrogens with one attached hydrogen (secondary N) is 1. The van der Waals surface area contributed by atoms with Gasteiger partial charge in [0.05, 0.1) is 15.9 Å². The lowest BCUT2D eigenvalue weighted by Crippen LogP contribution is -2.15. The molecule has 4 rings (SSSR count). The summed E-state index contributed by atoms with van der Waals surface area (Å²) in [5, 5.41) is 3.01. The van der Waals surface area contributed by atoms with Crippen molar-refractivity contribution in [3.8, 4) is 0 Å². The lowest BCUT2D eigenvalue weighted by Gasteiger charge is -2.08. The third kappa shape index (κ3) is 2.55. The van der Waals surface area contributed by atoms with Crippen LogP contribution < -0.4 is 5.32 Å². The van der Waals surface area contributed by atoms with Gasteiger partial charge in [-0.2, -0.15) is 0 Å². The Morgan fingerprint density at radius 3 is 3.04 bits per heavy atom. The highest BCUT2D eigenvalue weighted by atomic mass is 32.1. The van der Waals surface area contributed by atoms with Crippen LogP contribution in [0.1, 0.15) is 39.9 Å². The van der Waals surface area contributed by atoms with Crippen molar-refractivity contribution in [2.45, 2.75) is 39.2 Å². The molecule has 2 aromatic heterocycles. The van der Waals surface area contributed by atoms with Crippen molar-refractivity contribution in [2.24, 2.45) is 0 Å². The molecule has 0 bridgehead atoms. The van der Waals surface area contributed by atoms with Crippen molar-refractivity contribution < 1.29 is 4.79 Å². The first kappa shape index (κ1) is 14.5. The Bertz CT molecular complexity index is 856. The molecule has 3 aromatic rings. The first-order valence-electron chi connectivity index (χ1n) is 8.14. The van der Waals surface area contributed by atoms with Crippen molar-refractivity contribution in [2.75, 3.05) is 5.32 Å². The molecular weight excluding hydrogens is 306 g/mol. The monoisotopic (exact) mass is 325 g/mol. The third-order valence-corrected chi connectivity index (χ3v) is 5.53. The molecule has 0 radical (unpaired) electrons. The third-order valence-electron chi connectivity index (χ3n) is 4.30. The van der Waals surface area contributed by atoms with Gasteiger partial charge in [-0.3, -0.25) is 10.1 Å². The van der Waals surface area contributed by atoms with Crippen LogP contribution in [0.3, 0.4) is 0 Å². The van der Waals surface area contributed by atoms with Crippen LogP contribution in [0.4, 0.5) is 5.95 Å². The van der Waals surface area contributed by atoms with E-state index < -0.39 is 0 Å². The number of para-hydroxylation sites is 2. The number of fused-ring (bicyclic) bond motifs is 2. The maximum absolute atomic E-state index is 12.6. The van der Waals surface area contributed by atoms with Gasteiger partial charge in [-0.15, -0.1) is 11.3 Å². The van der Waals surface area contributed by atoms with Gasteiger partial charge in [-0.25, -0.2) is 4.98 Å². The lowest BCUT2D eigenvalue weighted by atomic mass is 10.2. The summed E-state index contributed by atoms with van der Waals surface area (Å²) in [6.07, 6.45) is 4.43. The highest BCUT2D eigenvalue weighted by molar-refractivity contribution is 7.14. The molecule has 0 spiro atoms. The van der Waals surface area contributed by atoms with Gasteiger partial charge in [0.1, 0.15) is 0 Å². The topological polar surface area (TPSA) is 46.9 Å². The minimum Gasteiger partial charge on any atom is -0.310 e. The highest BCUT2D eigenvalue weighted by Crippen LogP contribution is 2.31. The standard InChI is InChI=1S/C18H19N3OS/c1-2-10-21-14-8-4-3-7-13(14)19-18(21)20-17(22)16-11-12-6-5-9-15(12)23-16/h3-4,7-8,11H,2,5-6,9-10H2,1H3,(H,19,20,22). The van der Waals surface area contributed by atoms with Gasteiger partial charge in [0.2, 0.25) is 5.95 Å². The summed E-state index contributed by atoms with van der Waals surface area (Å²) in [5.74, 6) is 0.601. The van der Waals surface area contributed by atoms with E-state index in [-0.39, 0.29) is 5.91 Å². The molecule has 0 fully saturated rings. The number of hydrogen-bond donors (Lipinski definition) is 1. The van der Waals surface area contributed by atoms with E-state index in [9.17, 15) is 4.79 Å². The number of imidazole rings is 1. The van der Waals surface area contributed by atoms with E-state index in [0.717, 1.165) is 41.7 Å². The van der Waals surface area contributed by atoms with Gasteiger partial charge in [-0.05, 0) is 49.4 Å². The summed E-state index contributed by atoms with van der Waals surface area (Å²) in [7, 11) is 0. The number of rotatable bonds is 4. The van der Waals surface area contributed by atoms with Gasteiger partial charge in [0, 0.05) is 11.4 Å². The molecule has 2 heterocycles. The molecule has 0 atom stereocenters. The van der Waals surface area contributed by atoms with E-state index in [2.05, 4.69) is 27.9 Å². The van der Waals surface area contributed by atoms with E-state index in [4.69, 9.17) is 0 Å². The average molecular weight is 325 g/mol. The summed E-state index contributed by atoms with van der Waals surface area (Å²) in [6, 6.07) is 10.1. The Kier molecular flexibility index (Phi) is 3.65. The van der Waals surface area contributed by atoms with Crippen molar-refractivity contribution in [3.63, 3.8) is 0 Å². The lowest BCUT2D eigenvalue weighted by molar-refractivity contribution is 0.102. The van der Waals surface area contributed by atoms with Crippen LogP contribution in [0.15, 0.2) is 30.3 Å². The van der Waals surface area contributed by atoms with E-state index in [1.165, 1.54) is 16.9 Å². The Labute approximate surface area is 139 Å². The average Bonchev–Trinajstić information content (AvgIpc) is 3.21. The van der Waals surface area contributed by atoms with Crippen LogP contribution in [0.2, 0.25) is 0 Å². The fraction of sp³-hybridized carbons (Fsp3) is 0.333. The van der Waals surface area contributed by atoms with Crippen LogP contribution in [0.25, 0.3) is 11.0 Å². The van der Waals surface area contributed by atoms with Gasteiger partial charge >= 0.3 is 0 Å². The van der Waals surface area contributed by atoms with Gasteiger partial charge in [0.25, 0.3) is 5.91 Å². The number of hydrogen-bond acceptors (Lipinski definition) is 3. The number of aryl methyl sites for hydroxylation is 3. The molecule has 0 saturated heterocycles. The Hall–Kier alpha value is -2.14. The molecule has 4 nitrogen and oxygen atoms in total. The van der Waals surface area contributed by atoms with Crippen molar-refractivity contribution in [3.05, 3.63) is 45.6 Å². The number of aromatic nitrogens is 2. The molecule has 0 saturated carbocycles. The molecule has 0 unspecified atom stereocenters. The number of thiophene rings is 1. The van der Waals surface area contributed by atoms with Crippen LogP contribution in [-0.2, 0) is 19.4 Å². The number of carbonyl (C=O) groups excluding carboxylic acids is 1. The first-order chi connectivity index (χ1) is 11.3. The maximum Gasteiger partial charge on any atom is 0.268 e. The molecular formula is C18H19N3OS. The Morgan fingerprint density at radius 1 is 1.35 bits per heavy atom. The second-order valence-corrected chi connectivity index (χ2v) is 7.08. The Morgan fingerprint density at radius 2 is 2.22 bits per heavy atom. The zero-order valence-electron chi connectivity index (χ0n) is 13.1. The smallest absolute Gasteiger partial charge is 0.268 e. The fourth-order valence-electron chi connectivity index (χ4n) is 3.22. The largest absolute Gasteiger partial charge is 0.310 e. The van der Waals surface area contributed by atoms with Crippen molar-refractivity contribution >= 4 is 34.2 Å². The quantitative estimate of drug-likeness (QED) is 0.779. The summed E-state index contributed by atoms with van der Waals surface area (Å²) < 4.78 is 2.09. The molecule has 0 aliphatic heterocycles. The van der Waals surface area contributed by atoms with E-state index in [1.54, 1.807) is 11.3 Å². The van der Waals surface area contributed by atoms with Crippen molar-refractivity contribution in [1.29, 1.82) is 0 Å². The zero-order chi connectivity index (χ0) is 15.8. The number of anilines is 1. The van der Waals surface area contributed by atoms with Crippen LogP contribution in [0.5, 0.6) is 0 Å². The maximum atomic E-state index is 12.6. The minimum atomic E-state index is -0.0444. The van der Waals surface area contributed by atoms with Gasteiger partial charge in [-0.1, -0.05) is 19.1 Å². The van der Waals surface area contributed by atoms with Gasteiger partial charge < -0.3 is 4.57 Å². The molecule has 1 amide bonds. The van der Waals surface area contributed by atoms with E-state index in [1.807, 2.05) is 24.3 Å². The summed E-state index contributed by atoms with van der Waals surface area (Å²) in [5.41, 5.74) is 3.34. The number of nitrogens with zero attached hydrogens (tertiary/aromatic N) is 2.